The lowest BCUT2D eigenvalue weighted by Gasteiger charge is -2.11. The van der Waals surface area contributed by atoms with Gasteiger partial charge in [0.2, 0.25) is 0 Å². The van der Waals surface area contributed by atoms with Crippen LogP contribution in [0, 0.1) is 0 Å². The summed E-state index contributed by atoms with van der Waals surface area (Å²) in [6.07, 6.45) is 0. The van der Waals surface area contributed by atoms with E-state index < -0.39 is 0 Å². The molecule has 0 atom stereocenters. The summed E-state index contributed by atoms with van der Waals surface area (Å²) in [5.41, 5.74) is 7.15. The molecule has 0 aliphatic rings. The van der Waals surface area contributed by atoms with Gasteiger partial charge in [-0.05, 0) is 72.8 Å². The summed E-state index contributed by atoms with van der Waals surface area (Å²) in [6, 6.07) is 39.2. The Hall–Kier alpha value is -3.34. The summed E-state index contributed by atoms with van der Waals surface area (Å²) < 4.78 is 6.87. The minimum Gasteiger partial charge on any atom is -0.309 e. The van der Waals surface area contributed by atoms with E-state index in [0.29, 0.717) is 0 Å². The Kier molecular flexibility index (Phi) is 4.48. The molecule has 0 saturated carbocycles. The van der Waals surface area contributed by atoms with E-state index in [9.17, 15) is 0 Å². The van der Waals surface area contributed by atoms with Gasteiger partial charge in [0.1, 0.15) is 0 Å². The summed E-state index contributed by atoms with van der Waals surface area (Å²) in [5.74, 6) is 0. The first-order valence-corrected chi connectivity index (χ1v) is 12.8. The third-order valence-electron chi connectivity index (χ3n) is 6.64. The number of halogens is 2. The molecule has 4 heteroatoms. The molecule has 2 aromatic heterocycles. The maximum Gasteiger partial charge on any atom is 0.0541 e. The van der Waals surface area contributed by atoms with Crippen LogP contribution in [-0.4, -0.2) is 9.13 Å². The predicted molar refractivity (Wildman–Crippen MR) is 151 cm³/mol. The number of aromatic nitrogens is 2. The normalized spacial score (nSPS) is 11.8. The van der Waals surface area contributed by atoms with Crippen molar-refractivity contribution in [3.8, 4) is 11.4 Å². The molecule has 0 amide bonds. The van der Waals surface area contributed by atoms with Crippen LogP contribution in [0.4, 0.5) is 0 Å². The van der Waals surface area contributed by atoms with Crippen LogP contribution in [-0.2, 0) is 0 Å². The van der Waals surface area contributed by atoms with Crippen molar-refractivity contribution in [1.82, 2.24) is 9.13 Å². The summed E-state index contributed by atoms with van der Waals surface area (Å²) in [4.78, 5) is 0. The average Bonchev–Trinajstić information content (AvgIpc) is 3.37. The molecule has 0 fully saturated rings. The maximum absolute atomic E-state index is 3.65. The SMILES string of the molecule is Brc1ccc2c(c1)c1cc(Br)ccc1n2-c1ccc(-n2c3ccccc3c3ccccc32)cc1. The van der Waals surface area contributed by atoms with Crippen molar-refractivity contribution in [2.24, 2.45) is 0 Å². The topological polar surface area (TPSA) is 9.86 Å². The standard InChI is InChI=1S/C30H18Br2N2/c31-19-9-15-29-25(17-19)26-18-20(32)10-16-30(26)34(29)22-13-11-21(12-14-22)33-27-7-3-1-5-23(27)24-6-2-4-8-28(24)33/h1-18H. The van der Waals surface area contributed by atoms with Gasteiger partial charge in [-0.15, -0.1) is 0 Å². The summed E-state index contributed by atoms with van der Waals surface area (Å²) in [6.45, 7) is 0. The van der Waals surface area contributed by atoms with Crippen LogP contribution in [0.1, 0.15) is 0 Å². The molecule has 0 aliphatic carbocycles. The average molecular weight is 566 g/mol. The molecular formula is C30H18Br2N2. The van der Waals surface area contributed by atoms with E-state index in [1.54, 1.807) is 0 Å². The molecule has 162 valence electrons. The molecule has 2 heterocycles. The number of nitrogens with zero attached hydrogens (tertiary/aromatic N) is 2. The van der Waals surface area contributed by atoms with Gasteiger partial charge in [0, 0.05) is 41.9 Å². The molecule has 7 aromatic rings. The Balaban J connectivity index is 1.46. The molecule has 0 saturated heterocycles. The molecule has 0 aliphatic heterocycles. The van der Waals surface area contributed by atoms with Crippen LogP contribution in [0.2, 0.25) is 0 Å². The number of para-hydroxylation sites is 2. The summed E-state index contributed by atoms with van der Waals surface area (Å²) in [5, 5.41) is 5.02. The van der Waals surface area contributed by atoms with Crippen molar-refractivity contribution in [2.75, 3.05) is 0 Å². The Morgan fingerprint density at radius 3 is 1.21 bits per heavy atom. The van der Waals surface area contributed by atoms with E-state index in [0.717, 1.165) is 20.3 Å². The molecule has 0 bridgehead atoms. The van der Waals surface area contributed by atoms with Crippen molar-refractivity contribution in [1.29, 1.82) is 0 Å². The highest BCUT2D eigenvalue weighted by Crippen LogP contribution is 2.36. The molecule has 2 nitrogen and oxygen atoms in total. The van der Waals surface area contributed by atoms with Gasteiger partial charge < -0.3 is 9.13 Å². The Morgan fingerprint density at radius 2 is 0.765 bits per heavy atom. The Bertz CT molecular complexity index is 1760. The molecule has 0 spiro atoms. The van der Waals surface area contributed by atoms with Gasteiger partial charge in [-0.1, -0.05) is 68.3 Å². The fourth-order valence-electron chi connectivity index (χ4n) is 5.20. The van der Waals surface area contributed by atoms with Crippen LogP contribution in [0.3, 0.4) is 0 Å². The second-order valence-electron chi connectivity index (χ2n) is 8.54. The highest BCUT2D eigenvalue weighted by Gasteiger charge is 2.15. The number of benzene rings is 5. The van der Waals surface area contributed by atoms with E-state index in [1.807, 2.05) is 0 Å². The summed E-state index contributed by atoms with van der Waals surface area (Å²) in [7, 11) is 0. The zero-order chi connectivity index (χ0) is 22.8. The van der Waals surface area contributed by atoms with Gasteiger partial charge in [0.05, 0.1) is 22.1 Å². The van der Waals surface area contributed by atoms with Crippen molar-refractivity contribution in [3.63, 3.8) is 0 Å². The van der Waals surface area contributed by atoms with Crippen LogP contribution in [0.15, 0.2) is 118 Å². The molecule has 34 heavy (non-hydrogen) atoms. The quantitative estimate of drug-likeness (QED) is 0.197. The third kappa shape index (κ3) is 2.92. The number of hydrogen-bond donors (Lipinski definition) is 0. The summed E-state index contributed by atoms with van der Waals surface area (Å²) >= 11 is 7.30. The van der Waals surface area contributed by atoms with Gasteiger partial charge >= 0.3 is 0 Å². The largest absolute Gasteiger partial charge is 0.309 e. The van der Waals surface area contributed by atoms with E-state index in [-0.39, 0.29) is 0 Å². The maximum atomic E-state index is 3.65. The van der Waals surface area contributed by atoms with Crippen molar-refractivity contribution < 1.29 is 0 Å². The molecular weight excluding hydrogens is 548 g/mol. The first-order chi connectivity index (χ1) is 16.7. The second kappa shape index (κ2) is 7.59. The fourth-order valence-corrected chi connectivity index (χ4v) is 5.92. The minimum atomic E-state index is 1.08. The van der Waals surface area contributed by atoms with Crippen LogP contribution in [0.5, 0.6) is 0 Å². The lowest BCUT2D eigenvalue weighted by molar-refractivity contribution is 1.14. The molecule has 0 unspecified atom stereocenters. The van der Waals surface area contributed by atoms with Crippen LogP contribution < -0.4 is 0 Å². The number of hydrogen-bond acceptors (Lipinski definition) is 0. The zero-order valence-corrected chi connectivity index (χ0v) is 21.2. The van der Waals surface area contributed by atoms with Gasteiger partial charge in [-0.25, -0.2) is 0 Å². The van der Waals surface area contributed by atoms with Crippen LogP contribution >= 0.6 is 31.9 Å². The first-order valence-electron chi connectivity index (χ1n) is 11.2. The smallest absolute Gasteiger partial charge is 0.0541 e. The zero-order valence-electron chi connectivity index (χ0n) is 18.0. The number of rotatable bonds is 2. The molecule has 0 radical (unpaired) electrons. The fraction of sp³-hybridized carbons (Fsp3) is 0. The van der Waals surface area contributed by atoms with Gasteiger partial charge in [-0.2, -0.15) is 0 Å². The van der Waals surface area contributed by atoms with Gasteiger partial charge in [0.15, 0.2) is 0 Å². The van der Waals surface area contributed by atoms with Crippen molar-refractivity contribution >= 4 is 75.5 Å². The van der Waals surface area contributed by atoms with Gasteiger partial charge in [-0.3, -0.25) is 0 Å². The predicted octanol–water partition coefficient (Wildman–Crippen LogP) is 9.41. The minimum absolute atomic E-state index is 1.08. The van der Waals surface area contributed by atoms with Crippen LogP contribution in [0.25, 0.3) is 55.0 Å². The van der Waals surface area contributed by atoms with Crippen molar-refractivity contribution in [2.45, 2.75) is 0 Å². The molecule has 5 aromatic carbocycles. The Morgan fingerprint density at radius 1 is 0.382 bits per heavy atom. The number of fused-ring (bicyclic) bond motifs is 6. The van der Waals surface area contributed by atoms with E-state index in [1.165, 1.54) is 43.6 Å². The molecule has 0 N–H and O–H groups in total. The first kappa shape index (κ1) is 20.1. The monoisotopic (exact) mass is 564 g/mol. The van der Waals surface area contributed by atoms with Crippen molar-refractivity contribution in [3.05, 3.63) is 118 Å². The van der Waals surface area contributed by atoms with E-state index in [2.05, 4.69) is 150 Å². The molecule has 7 rings (SSSR count). The highest BCUT2D eigenvalue weighted by atomic mass is 79.9. The lowest BCUT2D eigenvalue weighted by atomic mass is 10.2. The lowest BCUT2D eigenvalue weighted by Crippen LogP contribution is -1.97. The van der Waals surface area contributed by atoms with E-state index in [4.69, 9.17) is 0 Å². The highest BCUT2D eigenvalue weighted by molar-refractivity contribution is 9.10. The second-order valence-corrected chi connectivity index (χ2v) is 10.4. The Labute approximate surface area is 213 Å². The van der Waals surface area contributed by atoms with Gasteiger partial charge in [0.25, 0.3) is 0 Å². The third-order valence-corrected chi connectivity index (χ3v) is 7.62. The van der Waals surface area contributed by atoms with E-state index >= 15 is 0 Å².